The Morgan fingerprint density at radius 2 is 1.80 bits per heavy atom. The molecule has 2 nitrogen and oxygen atoms in total. The number of hydrogen-bond donors (Lipinski definition) is 0. The van der Waals surface area contributed by atoms with Crippen LogP contribution >= 0.6 is 12.6 Å². The van der Waals surface area contributed by atoms with E-state index in [2.05, 4.69) is 0 Å². The lowest BCUT2D eigenvalue weighted by Crippen LogP contribution is -2.04. The Kier molecular flexibility index (Phi) is 9.52. The average Bonchev–Trinajstić information content (AvgIpc) is 1.97. The Labute approximate surface area is 68.3 Å². The smallest absolute Gasteiger partial charge is 0.0700 e. The molecule has 0 unspecified atom stereocenters. The maximum absolute atomic E-state index is 5.18. The molecule has 0 aromatic rings. The highest BCUT2D eigenvalue weighted by atomic mass is 32.1. The molecule has 0 amide bonds. The number of hydrogen-bond acceptors (Lipinski definition) is 2. The third-order valence-corrected chi connectivity index (χ3v) is 1.30. The van der Waals surface area contributed by atoms with Gasteiger partial charge in [0, 0.05) is 19.0 Å². The monoisotopic (exact) mass is 163 g/mol. The van der Waals surface area contributed by atoms with Gasteiger partial charge in [-0.05, 0) is 13.3 Å². The quantitative estimate of drug-likeness (QED) is 0.531. The molecule has 0 rings (SSSR count). The maximum atomic E-state index is 5.18. The predicted octanol–water partition coefficient (Wildman–Crippen LogP) is 1.63. The molecule has 0 heterocycles. The fourth-order valence-electron chi connectivity index (χ4n) is 0.525. The summed E-state index contributed by atoms with van der Waals surface area (Å²) in [6, 6.07) is 0. The molecule has 0 spiro atoms. The molecule has 61 valence electrons. The van der Waals surface area contributed by atoms with Crippen molar-refractivity contribution in [2.75, 3.05) is 32.2 Å². The Bertz CT molecular complexity index is 51.6. The van der Waals surface area contributed by atoms with Gasteiger partial charge in [-0.15, -0.1) is 0 Å². The van der Waals surface area contributed by atoms with Crippen LogP contribution in [0.4, 0.5) is 0 Å². The Morgan fingerprint density at radius 3 is 2.40 bits per heavy atom. The maximum Gasteiger partial charge on any atom is 0.0700 e. The van der Waals surface area contributed by atoms with Crippen LogP contribution in [-0.2, 0) is 9.47 Å². The van der Waals surface area contributed by atoms with E-state index in [0.29, 0.717) is 13.2 Å². The third kappa shape index (κ3) is 8.27. The first-order valence-electron chi connectivity index (χ1n) is 3.65. The molecule has 0 aromatic heterocycles. The molecule has 0 saturated carbocycles. The standard InChI is InChI=1S/C7H15O2S/c1-2-8-5-6-9-4-3-7-10/h2-7H2,1H3. The van der Waals surface area contributed by atoms with Gasteiger partial charge in [0.25, 0.3) is 0 Å². The SMILES string of the molecule is CCOCCOCCC[S]. The fraction of sp³-hybridized carbons (Fsp3) is 1.00. The lowest BCUT2D eigenvalue weighted by Gasteiger charge is -2.01. The molecule has 0 atom stereocenters. The number of rotatable bonds is 7. The first-order valence-corrected chi connectivity index (χ1v) is 4.23. The van der Waals surface area contributed by atoms with Gasteiger partial charge in [-0.2, -0.15) is 0 Å². The van der Waals surface area contributed by atoms with Crippen molar-refractivity contribution in [3.05, 3.63) is 0 Å². The van der Waals surface area contributed by atoms with Crippen LogP contribution in [0.2, 0.25) is 0 Å². The van der Waals surface area contributed by atoms with E-state index in [0.717, 1.165) is 25.4 Å². The van der Waals surface area contributed by atoms with Gasteiger partial charge in [-0.25, -0.2) is 0 Å². The molecule has 0 aliphatic heterocycles. The summed E-state index contributed by atoms with van der Waals surface area (Å²) in [6.45, 7) is 4.92. The summed E-state index contributed by atoms with van der Waals surface area (Å²) in [7, 11) is 0. The Hall–Kier alpha value is 0.270. The molecular weight excluding hydrogens is 148 g/mol. The minimum Gasteiger partial charge on any atom is -0.379 e. The Morgan fingerprint density at radius 1 is 1.10 bits per heavy atom. The lowest BCUT2D eigenvalue weighted by atomic mass is 10.5. The summed E-state index contributed by atoms with van der Waals surface area (Å²) in [5.41, 5.74) is 0. The molecule has 0 N–H and O–H groups in total. The van der Waals surface area contributed by atoms with E-state index < -0.39 is 0 Å². The summed E-state index contributed by atoms with van der Waals surface area (Å²) in [6.07, 6.45) is 0.974. The molecular formula is C7H15O2S. The highest BCUT2D eigenvalue weighted by Gasteiger charge is 1.86. The van der Waals surface area contributed by atoms with E-state index in [1.165, 1.54) is 0 Å². The minimum absolute atomic E-state index is 0.698. The molecule has 0 aliphatic carbocycles. The van der Waals surface area contributed by atoms with Crippen molar-refractivity contribution in [1.82, 2.24) is 0 Å². The van der Waals surface area contributed by atoms with Crippen molar-refractivity contribution in [2.24, 2.45) is 0 Å². The zero-order valence-electron chi connectivity index (χ0n) is 6.47. The summed E-state index contributed by atoms with van der Waals surface area (Å²) in [5, 5.41) is 0. The highest BCUT2D eigenvalue weighted by molar-refractivity contribution is 7.80. The van der Waals surface area contributed by atoms with Crippen LogP contribution in [0.1, 0.15) is 13.3 Å². The lowest BCUT2D eigenvalue weighted by molar-refractivity contribution is 0.0534. The molecule has 0 saturated heterocycles. The van der Waals surface area contributed by atoms with Crippen LogP contribution in [0.15, 0.2) is 0 Å². The van der Waals surface area contributed by atoms with E-state index in [1.54, 1.807) is 0 Å². The predicted molar refractivity (Wildman–Crippen MR) is 44.4 cm³/mol. The van der Waals surface area contributed by atoms with Crippen molar-refractivity contribution in [1.29, 1.82) is 0 Å². The van der Waals surface area contributed by atoms with Crippen LogP contribution in [0.5, 0.6) is 0 Å². The summed E-state index contributed by atoms with van der Waals surface area (Å²) < 4.78 is 10.2. The van der Waals surface area contributed by atoms with Crippen molar-refractivity contribution in [3.8, 4) is 0 Å². The summed E-state index contributed by atoms with van der Waals surface area (Å²) in [5.74, 6) is 0.786. The first-order chi connectivity index (χ1) is 4.91. The minimum atomic E-state index is 0.698. The topological polar surface area (TPSA) is 18.5 Å². The molecule has 10 heavy (non-hydrogen) atoms. The van der Waals surface area contributed by atoms with Crippen LogP contribution < -0.4 is 0 Å². The first kappa shape index (κ1) is 10.3. The molecule has 3 heteroatoms. The van der Waals surface area contributed by atoms with Gasteiger partial charge in [-0.3, -0.25) is 0 Å². The number of ether oxygens (including phenoxy) is 2. The van der Waals surface area contributed by atoms with E-state index in [9.17, 15) is 0 Å². The normalized spacial score (nSPS) is 10.2. The van der Waals surface area contributed by atoms with Crippen LogP contribution in [-0.4, -0.2) is 32.2 Å². The third-order valence-electron chi connectivity index (χ3n) is 1.01. The van der Waals surface area contributed by atoms with E-state index in [-0.39, 0.29) is 0 Å². The van der Waals surface area contributed by atoms with E-state index in [4.69, 9.17) is 22.1 Å². The van der Waals surface area contributed by atoms with Crippen LogP contribution in [0.3, 0.4) is 0 Å². The summed E-state index contributed by atoms with van der Waals surface area (Å²) in [4.78, 5) is 0. The molecule has 0 bridgehead atoms. The van der Waals surface area contributed by atoms with Gasteiger partial charge < -0.3 is 9.47 Å². The second-order valence-electron chi connectivity index (χ2n) is 1.87. The highest BCUT2D eigenvalue weighted by Crippen LogP contribution is 1.85. The van der Waals surface area contributed by atoms with Gasteiger partial charge >= 0.3 is 0 Å². The summed E-state index contributed by atoms with van der Waals surface area (Å²) >= 11 is 4.74. The van der Waals surface area contributed by atoms with Gasteiger partial charge in [0.15, 0.2) is 0 Å². The second kappa shape index (κ2) is 9.27. The van der Waals surface area contributed by atoms with Crippen LogP contribution in [0, 0.1) is 0 Å². The zero-order valence-corrected chi connectivity index (χ0v) is 7.28. The average molecular weight is 163 g/mol. The van der Waals surface area contributed by atoms with Gasteiger partial charge in [-0.1, -0.05) is 12.6 Å². The van der Waals surface area contributed by atoms with Crippen molar-refractivity contribution >= 4 is 12.6 Å². The van der Waals surface area contributed by atoms with Crippen LogP contribution in [0.25, 0.3) is 0 Å². The van der Waals surface area contributed by atoms with E-state index in [1.807, 2.05) is 6.92 Å². The molecule has 0 aliphatic rings. The van der Waals surface area contributed by atoms with Gasteiger partial charge in [0.1, 0.15) is 0 Å². The van der Waals surface area contributed by atoms with Crippen molar-refractivity contribution in [2.45, 2.75) is 13.3 Å². The fourth-order valence-corrected chi connectivity index (χ4v) is 0.643. The Balaban J connectivity index is 2.65. The molecule has 0 aromatic carbocycles. The largest absolute Gasteiger partial charge is 0.379 e. The van der Waals surface area contributed by atoms with E-state index >= 15 is 0 Å². The zero-order chi connectivity index (χ0) is 7.66. The van der Waals surface area contributed by atoms with Gasteiger partial charge in [0.2, 0.25) is 0 Å². The van der Waals surface area contributed by atoms with Crippen molar-refractivity contribution in [3.63, 3.8) is 0 Å². The molecule has 1 radical (unpaired) electrons. The molecule has 0 fully saturated rings. The van der Waals surface area contributed by atoms with Gasteiger partial charge in [0.05, 0.1) is 13.2 Å². The van der Waals surface area contributed by atoms with Crippen molar-refractivity contribution < 1.29 is 9.47 Å². The second-order valence-corrected chi connectivity index (χ2v) is 2.28.